The summed E-state index contributed by atoms with van der Waals surface area (Å²) in [6, 6.07) is 16.3. The maximum Gasteiger partial charge on any atom is 0.293 e. The molecule has 0 bridgehead atoms. The number of nitrogens with zero attached hydrogens (tertiary/aromatic N) is 4. The van der Waals surface area contributed by atoms with Crippen molar-refractivity contribution in [2.45, 2.75) is 19.5 Å². The van der Waals surface area contributed by atoms with E-state index in [0.717, 1.165) is 43.1 Å². The number of hydrogen-bond donors (Lipinski definition) is 1. The van der Waals surface area contributed by atoms with E-state index in [0.29, 0.717) is 24.2 Å². The highest BCUT2D eigenvalue weighted by Gasteiger charge is 2.39. The number of carbonyl (C=O) groups excluding carboxylic acids is 1. The van der Waals surface area contributed by atoms with Crippen molar-refractivity contribution in [3.8, 4) is 0 Å². The Labute approximate surface area is 168 Å². The lowest BCUT2D eigenvalue weighted by molar-refractivity contribution is 0.100. The Hall–Kier alpha value is -3.06. The van der Waals surface area contributed by atoms with Gasteiger partial charge in [0.05, 0.1) is 0 Å². The Morgan fingerprint density at radius 1 is 1.00 bits per heavy atom. The molecule has 2 aliphatic heterocycles. The quantitative estimate of drug-likeness (QED) is 0.743. The summed E-state index contributed by atoms with van der Waals surface area (Å²) in [7, 11) is 0. The van der Waals surface area contributed by atoms with Crippen LogP contribution >= 0.6 is 0 Å². The molecule has 5 rings (SSSR count). The highest BCUT2D eigenvalue weighted by atomic mass is 19.1. The minimum atomic E-state index is -0.241. The number of likely N-dealkylation sites (tertiary alicyclic amines) is 1. The van der Waals surface area contributed by atoms with Crippen LogP contribution in [0.5, 0.6) is 0 Å². The van der Waals surface area contributed by atoms with Gasteiger partial charge in [0.25, 0.3) is 5.91 Å². The maximum absolute atomic E-state index is 14.0. The molecule has 1 amide bonds. The van der Waals surface area contributed by atoms with Gasteiger partial charge in [0.15, 0.2) is 0 Å². The van der Waals surface area contributed by atoms with Crippen molar-refractivity contribution >= 4 is 11.6 Å². The molecule has 29 heavy (non-hydrogen) atoms. The lowest BCUT2D eigenvalue weighted by atomic mass is 9.89. The molecule has 2 atom stereocenters. The molecular formula is C22H22FN5O. The van der Waals surface area contributed by atoms with Crippen LogP contribution in [0.1, 0.15) is 22.0 Å². The molecule has 0 aliphatic carbocycles. The third kappa shape index (κ3) is 3.53. The topological polar surface area (TPSA) is 63.1 Å². The van der Waals surface area contributed by atoms with Gasteiger partial charge in [-0.25, -0.2) is 4.39 Å². The number of amides is 1. The van der Waals surface area contributed by atoms with Crippen molar-refractivity contribution in [3.63, 3.8) is 0 Å². The minimum Gasteiger partial charge on any atom is -0.319 e. The summed E-state index contributed by atoms with van der Waals surface area (Å²) in [5.74, 6) is 1.69. The van der Waals surface area contributed by atoms with Crippen molar-refractivity contribution in [1.82, 2.24) is 19.7 Å². The second-order valence-electron chi connectivity index (χ2n) is 7.88. The first-order valence-electron chi connectivity index (χ1n) is 9.91. The molecule has 1 saturated heterocycles. The van der Waals surface area contributed by atoms with Crippen LogP contribution in [0.15, 0.2) is 54.6 Å². The van der Waals surface area contributed by atoms with Gasteiger partial charge in [-0.05, 0) is 30.0 Å². The second-order valence-corrected chi connectivity index (χ2v) is 7.88. The van der Waals surface area contributed by atoms with Crippen LogP contribution in [0.4, 0.5) is 10.1 Å². The van der Waals surface area contributed by atoms with Crippen LogP contribution in [0.25, 0.3) is 0 Å². The standard InChI is InChI=1S/C22H22FN5O/c23-19-9-5-4-6-15(19)11-27-12-16-10-20-25-26-21(28(20)14-17(16)13-27)22(29)24-18-7-2-1-3-8-18/h1-9,16-17H,10-14H2,(H,24,29)/t16-,17-/m0/s1. The fourth-order valence-corrected chi connectivity index (χ4v) is 4.49. The van der Waals surface area contributed by atoms with Crippen LogP contribution in [0.2, 0.25) is 0 Å². The number of anilines is 1. The van der Waals surface area contributed by atoms with Gasteiger partial charge in [-0.3, -0.25) is 9.69 Å². The molecule has 0 spiro atoms. The average molecular weight is 391 g/mol. The molecule has 0 radical (unpaired) electrons. The van der Waals surface area contributed by atoms with Gasteiger partial charge in [-0.2, -0.15) is 0 Å². The fraction of sp³-hybridized carbons (Fsp3) is 0.318. The van der Waals surface area contributed by atoms with E-state index in [2.05, 4.69) is 20.4 Å². The summed E-state index contributed by atoms with van der Waals surface area (Å²) in [6.45, 7) is 3.13. The number of benzene rings is 2. The van der Waals surface area contributed by atoms with E-state index in [1.54, 1.807) is 6.07 Å². The second kappa shape index (κ2) is 7.40. The number of halogens is 1. The van der Waals surface area contributed by atoms with Crippen LogP contribution in [-0.4, -0.2) is 38.7 Å². The Bertz CT molecular complexity index is 1030. The van der Waals surface area contributed by atoms with E-state index in [1.165, 1.54) is 6.07 Å². The van der Waals surface area contributed by atoms with Crippen LogP contribution in [0.3, 0.4) is 0 Å². The number of hydrogen-bond acceptors (Lipinski definition) is 4. The maximum atomic E-state index is 14.0. The minimum absolute atomic E-state index is 0.153. The van der Waals surface area contributed by atoms with Crippen molar-refractivity contribution in [1.29, 1.82) is 0 Å². The van der Waals surface area contributed by atoms with E-state index in [-0.39, 0.29) is 11.7 Å². The molecule has 2 aromatic carbocycles. The van der Waals surface area contributed by atoms with Crippen molar-refractivity contribution in [2.75, 3.05) is 18.4 Å². The zero-order valence-electron chi connectivity index (χ0n) is 16.0. The van der Waals surface area contributed by atoms with E-state index in [1.807, 2.05) is 47.0 Å². The Morgan fingerprint density at radius 2 is 1.76 bits per heavy atom. The van der Waals surface area contributed by atoms with E-state index in [9.17, 15) is 9.18 Å². The smallest absolute Gasteiger partial charge is 0.293 e. The van der Waals surface area contributed by atoms with E-state index >= 15 is 0 Å². The fourth-order valence-electron chi connectivity index (χ4n) is 4.49. The number of nitrogens with one attached hydrogen (secondary N) is 1. The molecule has 3 aromatic rings. The highest BCUT2D eigenvalue weighted by Crippen LogP contribution is 2.33. The average Bonchev–Trinajstić information content (AvgIpc) is 3.31. The molecule has 6 nitrogen and oxygen atoms in total. The lowest BCUT2D eigenvalue weighted by Gasteiger charge is -2.25. The Kier molecular flexibility index (Phi) is 4.60. The number of fused-ring (bicyclic) bond motifs is 2. The lowest BCUT2D eigenvalue weighted by Crippen LogP contribution is -2.31. The zero-order valence-corrected chi connectivity index (χ0v) is 16.0. The summed E-state index contributed by atoms with van der Waals surface area (Å²) in [5, 5.41) is 11.3. The number of para-hydroxylation sites is 1. The largest absolute Gasteiger partial charge is 0.319 e. The van der Waals surface area contributed by atoms with Gasteiger partial charge < -0.3 is 9.88 Å². The van der Waals surface area contributed by atoms with Crippen LogP contribution in [0, 0.1) is 17.7 Å². The SMILES string of the molecule is O=C(Nc1ccccc1)c1nnc2n1C[C@@H]1CN(Cc3ccccc3F)C[C@@H]1C2. The molecule has 2 aliphatic rings. The highest BCUT2D eigenvalue weighted by molar-refractivity contribution is 6.01. The Morgan fingerprint density at radius 3 is 2.59 bits per heavy atom. The third-order valence-corrected chi connectivity index (χ3v) is 5.93. The van der Waals surface area contributed by atoms with Crippen molar-refractivity contribution < 1.29 is 9.18 Å². The van der Waals surface area contributed by atoms with Gasteiger partial charge in [0.1, 0.15) is 11.6 Å². The van der Waals surface area contributed by atoms with Gasteiger partial charge >= 0.3 is 0 Å². The number of carbonyl (C=O) groups is 1. The summed E-state index contributed by atoms with van der Waals surface area (Å²) < 4.78 is 16.0. The molecule has 0 saturated carbocycles. The first-order valence-corrected chi connectivity index (χ1v) is 9.91. The molecule has 148 valence electrons. The summed E-state index contributed by atoms with van der Waals surface area (Å²) in [4.78, 5) is 15.0. The van der Waals surface area contributed by atoms with E-state index in [4.69, 9.17) is 0 Å². The first-order chi connectivity index (χ1) is 14.2. The number of aromatic nitrogens is 3. The molecule has 7 heteroatoms. The predicted molar refractivity (Wildman–Crippen MR) is 107 cm³/mol. The monoisotopic (exact) mass is 391 g/mol. The van der Waals surface area contributed by atoms with Crippen LogP contribution in [-0.2, 0) is 19.5 Å². The molecule has 3 heterocycles. The number of rotatable bonds is 4. The normalized spacial score (nSPS) is 20.9. The Balaban J connectivity index is 1.29. The van der Waals surface area contributed by atoms with E-state index < -0.39 is 0 Å². The summed E-state index contributed by atoms with van der Waals surface area (Å²) in [6.07, 6.45) is 0.796. The summed E-state index contributed by atoms with van der Waals surface area (Å²) in [5.41, 5.74) is 1.47. The summed E-state index contributed by atoms with van der Waals surface area (Å²) >= 11 is 0. The van der Waals surface area contributed by atoms with Crippen LogP contribution < -0.4 is 5.32 Å². The molecule has 1 N–H and O–H groups in total. The third-order valence-electron chi connectivity index (χ3n) is 5.93. The first kappa shape index (κ1) is 18.0. The van der Waals surface area contributed by atoms with Gasteiger partial charge in [0, 0.05) is 43.9 Å². The predicted octanol–water partition coefficient (Wildman–Crippen LogP) is 2.97. The van der Waals surface area contributed by atoms with Gasteiger partial charge in [-0.1, -0.05) is 36.4 Å². The molecular weight excluding hydrogens is 369 g/mol. The van der Waals surface area contributed by atoms with Gasteiger partial charge in [0.2, 0.25) is 5.82 Å². The van der Waals surface area contributed by atoms with Crippen molar-refractivity contribution in [3.05, 3.63) is 77.6 Å². The zero-order chi connectivity index (χ0) is 19.8. The van der Waals surface area contributed by atoms with Gasteiger partial charge in [-0.15, -0.1) is 10.2 Å². The molecule has 1 fully saturated rings. The molecule has 0 unspecified atom stereocenters. The van der Waals surface area contributed by atoms with Crippen molar-refractivity contribution in [2.24, 2.45) is 11.8 Å². The molecule has 1 aromatic heterocycles.